The molecular formula is C21H18ClN5O2. The summed E-state index contributed by atoms with van der Waals surface area (Å²) < 4.78 is 3.14. The fourth-order valence-electron chi connectivity index (χ4n) is 3.10. The van der Waals surface area contributed by atoms with Crippen molar-refractivity contribution in [3.63, 3.8) is 0 Å². The third-order valence-corrected chi connectivity index (χ3v) is 4.82. The molecule has 4 aromatic rings. The van der Waals surface area contributed by atoms with E-state index in [9.17, 15) is 9.59 Å². The molecule has 0 saturated heterocycles. The summed E-state index contributed by atoms with van der Waals surface area (Å²) in [5.74, 6) is 0.332. The van der Waals surface area contributed by atoms with E-state index in [-0.39, 0.29) is 24.4 Å². The lowest BCUT2D eigenvalue weighted by Crippen LogP contribution is -2.26. The van der Waals surface area contributed by atoms with Crippen LogP contribution in [0.2, 0.25) is 5.02 Å². The minimum absolute atomic E-state index is 0.142. The van der Waals surface area contributed by atoms with E-state index in [1.807, 2.05) is 30.3 Å². The Hall–Kier alpha value is -3.45. The Labute approximate surface area is 171 Å². The third-order valence-electron chi connectivity index (χ3n) is 4.57. The predicted molar refractivity (Wildman–Crippen MR) is 113 cm³/mol. The van der Waals surface area contributed by atoms with Crippen LogP contribution < -0.4 is 10.9 Å². The second-order valence-electron chi connectivity index (χ2n) is 6.55. The Morgan fingerprint density at radius 1 is 1.10 bits per heavy atom. The standard InChI is InChI=1S/C21H18ClN5O2/c1-14-24-20-18(13-23-27(20)17-5-3-2-4-6-17)21(29)26(14)12-11-19(28)25-16-9-7-15(22)8-10-16/h2-10,13H,11-12H2,1H3,(H,25,28). The van der Waals surface area contributed by atoms with Crippen molar-refractivity contribution in [2.45, 2.75) is 19.9 Å². The molecule has 8 heteroatoms. The number of hydrogen-bond acceptors (Lipinski definition) is 4. The lowest BCUT2D eigenvalue weighted by molar-refractivity contribution is -0.116. The van der Waals surface area contributed by atoms with Crippen molar-refractivity contribution >= 4 is 34.2 Å². The van der Waals surface area contributed by atoms with Gasteiger partial charge in [0.2, 0.25) is 5.91 Å². The zero-order valence-corrected chi connectivity index (χ0v) is 16.4. The van der Waals surface area contributed by atoms with Crippen LogP contribution in [0.5, 0.6) is 0 Å². The highest BCUT2D eigenvalue weighted by atomic mass is 35.5. The predicted octanol–water partition coefficient (Wildman–Crippen LogP) is 3.57. The third kappa shape index (κ3) is 3.90. The monoisotopic (exact) mass is 407 g/mol. The number of aromatic nitrogens is 4. The molecular weight excluding hydrogens is 390 g/mol. The summed E-state index contributed by atoms with van der Waals surface area (Å²) in [6.07, 6.45) is 1.66. The Morgan fingerprint density at radius 3 is 2.55 bits per heavy atom. The van der Waals surface area contributed by atoms with E-state index in [1.54, 1.807) is 35.9 Å². The molecule has 0 aliphatic rings. The maximum atomic E-state index is 12.9. The minimum Gasteiger partial charge on any atom is -0.326 e. The number of anilines is 1. The Balaban J connectivity index is 1.56. The number of aryl methyl sites for hydroxylation is 1. The molecule has 0 saturated carbocycles. The van der Waals surface area contributed by atoms with Gasteiger partial charge in [0.05, 0.1) is 11.9 Å². The van der Waals surface area contributed by atoms with Crippen LogP contribution in [-0.2, 0) is 11.3 Å². The summed E-state index contributed by atoms with van der Waals surface area (Å²) in [6, 6.07) is 16.4. The number of carbonyl (C=O) groups is 1. The average molecular weight is 408 g/mol. The second-order valence-corrected chi connectivity index (χ2v) is 6.99. The SMILES string of the molecule is Cc1nc2c(cnn2-c2ccccc2)c(=O)n1CCC(=O)Nc1ccc(Cl)cc1. The van der Waals surface area contributed by atoms with Crippen molar-refractivity contribution in [2.24, 2.45) is 0 Å². The molecule has 0 bridgehead atoms. The van der Waals surface area contributed by atoms with Gasteiger partial charge in [-0.05, 0) is 43.3 Å². The van der Waals surface area contributed by atoms with Crippen molar-refractivity contribution in [3.05, 3.63) is 82.0 Å². The van der Waals surface area contributed by atoms with Gasteiger partial charge in [-0.1, -0.05) is 29.8 Å². The van der Waals surface area contributed by atoms with Crippen molar-refractivity contribution in [1.82, 2.24) is 19.3 Å². The highest BCUT2D eigenvalue weighted by Crippen LogP contribution is 2.15. The number of fused-ring (bicyclic) bond motifs is 1. The van der Waals surface area contributed by atoms with Crippen molar-refractivity contribution in [1.29, 1.82) is 0 Å². The van der Waals surface area contributed by atoms with Gasteiger partial charge in [0, 0.05) is 23.7 Å². The van der Waals surface area contributed by atoms with E-state index < -0.39 is 0 Å². The highest BCUT2D eigenvalue weighted by molar-refractivity contribution is 6.30. The van der Waals surface area contributed by atoms with Crippen LogP contribution in [0.4, 0.5) is 5.69 Å². The summed E-state index contributed by atoms with van der Waals surface area (Å²) in [4.78, 5) is 29.7. The zero-order valence-electron chi connectivity index (χ0n) is 15.7. The first-order valence-electron chi connectivity index (χ1n) is 9.09. The Morgan fingerprint density at radius 2 is 1.83 bits per heavy atom. The smallest absolute Gasteiger partial charge is 0.264 e. The van der Waals surface area contributed by atoms with E-state index in [0.717, 1.165) is 5.69 Å². The number of nitrogens with one attached hydrogen (secondary N) is 1. The van der Waals surface area contributed by atoms with E-state index in [2.05, 4.69) is 15.4 Å². The van der Waals surface area contributed by atoms with E-state index in [0.29, 0.717) is 27.6 Å². The van der Waals surface area contributed by atoms with E-state index in [1.165, 1.54) is 10.8 Å². The molecule has 2 heterocycles. The number of carbonyl (C=O) groups excluding carboxylic acids is 1. The second kappa shape index (κ2) is 7.89. The molecule has 0 aliphatic carbocycles. The summed E-state index contributed by atoms with van der Waals surface area (Å²) in [6.45, 7) is 1.98. The number of para-hydroxylation sites is 1. The highest BCUT2D eigenvalue weighted by Gasteiger charge is 2.15. The maximum Gasteiger partial charge on any atom is 0.264 e. The molecule has 0 atom stereocenters. The molecule has 29 heavy (non-hydrogen) atoms. The molecule has 146 valence electrons. The first-order valence-corrected chi connectivity index (χ1v) is 9.47. The molecule has 7 nitrogen and oxygen atoms in total. The van der Waals surface area contributed by atoms with Crippen LogP contribution in [0.3, 0.4) is 0 Å². The Bertz CT molecular complexity index is 1230. The normalized spacial score (nSPS) is 11.0. The summed E-state index contributed by atoms with van der Waals surface area (Å²) >= 11 is 5.85. The molecule has 0 unspecified atom stereocenters. The quantitative estimate of drug-likeness (QED) is 0.548. The summed E-state index contributed by atoms with van der Waals surface area (Å²) in [7, 11) is 0. The van der Waals surface area contributed by atoms with Gasteiger partial charge in [-0.15, -0.1) is 0 Å². The zero-order chi connectivity index (χ0) is 20.4. The molecule has 2 aromatic carbocycles. The van der Waals surface area contributed by atoms with Gasteiger partial charge in [0.1, 0.15) is 11.2 Å². The molecule has 2 aromatic heterocycles. The Kier molecular flexibility index (Phi) is 5.14. The lowest BCUT2D eigenvalue weighted by atomic mass is 10.3. The summed E-state index contributed by atoms with van der Waals surface area (Å²) in [5, 5.41) is 8.12. The minimum atomic E-state index is -0.214. The van der Waals surface area contributed by atoms with Gasteiger partial charge in [0.15, 0.2) is 5.65 Å². The lowest BCUT2D eigenvalue weighted by Gasteiger charge is -2.10. The van der Waals surface area contributed by atoms with Crippen LogP contribution in [0.1, 0.15) is 12.2 Å². The number of rotatable bonds is 5. The van der Waals surface area contributed by atoms with Gasteiger partial charge in [-0.2, -0.15) is 5.10 Å². The van der Waals surface area contributed by atoms with E-state index >= 15 is 0 Å². The molecule has 1 amide bonds. The number of halogens is 1. The van der Waals surface area contributed by atoms with Gasteiger partial charge in [0.25, 0.3) is 5.56 Å². The van der Waals surface area contributed by atoms with Crippen molar-refractivity contribution in [2.75, 3.05) is 5.32 Å². The van der Waals surface area contributed by atoms with Crippen molar-refractivity contribution in [3.8, 4) is 5.69 Å². The topological polar surface area (TPSA) is 81.8 Å². The molecule has 1 N–H and O–H groups in total. The molecule has 0 aliphatic heterocycles. The average Bonchev–Trinajstić information content (AvgIpc) is 3.14. The molecule has 0 radical (unpaired) electrons. The molecule has 4 rings (SSSR count). The number of amides is 1. The van der Waals surface area contributed by atoms with Crippen LogP contribution in [0.25, 0.3) is 16.7 Å². The number of nitrogens with zero attached hydrogens (tertiary/aromatic N) is 4. The maximum absolute atomic E-state index is 12.9. The fourth-order valence-corrected chi connectivity index (χ4v) is 3.22. The van der Waals surface area contributed by atoms with Gasteiger partial charge in [-0.25, -0.2) is 9.67 Å². The van der Waals surface area contributed by atoms with Crippen LogP contribution in [-0.4, -0.2) is 25.2 Å². The summed E-state index contributed by atoms with van der Waals surface area (Å²) in [5.41, 5.74) is 1.77. The largest absolute Gasteiger partial charge is 0.326 e. The first kappa shape index (κ1) is 18.9. The van der Waals surface area contributed by atoms with E-state index in [4.69, 9.17) is 11.6 Å². The molecule has 0 spiro atoms. The van der Waals surface area contributed by atoms with Gasteiger partial charge >= 0.3 is 0 Å². The number of benzene rings is 2. The number of hydrogen-bond donors (Lipinski definition) is 1. The molecule has 0 fully saturated rings. The van der Waals surface area contributed by atoms with Crippen LogP contribution in [0.15, 0.2) is 65.6 Å². The first-order chi connectivity index (χ1) is 14.0. The van der Waals surface area contributed by atoms with Crippen LogP contribution in [0, 0.1) is 6.92 Å². The van der Waals surface area contributed by atoms with Gasteiger partial charge in [-0.3, -0.25) is 14.2 Å². The van der Waals surface area contributed by atoms with Gasteiger partial charge < -0.3 is 5.32 Å². The fraction of sp³-hybridized carbons (Fsp3) is 0.143. The van der Waals surface area contributed by atoms with Crippen molar-refractivity contribution < 1.29 is 4.79 Å². The van der Waals surface area contributed by atoms with Crippen LogP contribution >= 0.6 is 11.6 Å².